The molecule has 0 amide bonds. The molecule has 26 heavy (non-hydrogen) atoms. The number of pyridine rings is 1. The summed E-state index contributed by atoms with van der Waals surface area (Å²) in [5.74, 6) is 0. The molecule has 0 aliphatic heterocycles. The number of hydrogen-bond acceptors (Lipinski definition) is 5. The van der Waals surface area contributed by atoms with E-state index in [2.05, 4.69) is 49.9 Å². The standard InChI is InChI=1S/C17H27BrN4O2SSi/c1-17(2,3)25(23)20-10-14-13(18)9-15-16(21-14)19-11-22(15)12-24-7-8-26(4,5)6/h9-11H,7-8,12H2,1-6H3/b20-10-. The molecule has 0 radical (unpaired) electrons. The van der Waals surface area contributed by atoms with E-state index < -0.39 is 24.2 Å². The predicted molar refractivity (Wildman–Crippen MR) is 115 cm³/mol. The highest BCUT2D eigenvalue weighted by atomic mass is 79.9. The maximum Gasteiger partial charge on any atom is 0.178 e. The highest BCUT2D eigenvalue weighted by Gasteiger charge is 2.26. The summed E-state index contributed by atoms with van der Waals surface area (Å²) in [6.45, 7) is 13.9. The van der Waals surface area contributed by atoms with Crippen molar-refractivity contribution in [1.29, 1.82) is 0 Å². The van der Waals surface area contributed by atoms with E-state index >= 15 is 0 Å². The van der Waals surface area contributed by atoms with E-state index in [4.69, 9.17) is 4.74 Å². The van der Waals surface area contributed by atoms with E-state index in [9.17, 15) is 4.55 Å². The number of aromatic nitrogens is 3. The molecule has 0 saturated heterocycles. The second-order valence-electron chi connectivity index (χ2n) is 8.36. The van der Waals surface area contributed by atoms with Crippen LogP contribution in [0.1, 0.15) is 26.5 Å². The predicted octanol–water partition coefficient (Wildman–Crippen LogP) is 4.39. The Labute approximate surface area is 167 Å². The van der Waals surface area contributed by atoms with E-state index in [-0.39, 0.29) is 0 Å². The first-order chi connectivity index (χ1) is 12.0. The van der Waals surface area contributed by atoms with Gasteiger partial charge >= 0.3 is 0 Å². The molecule has 0 aliphatic carbocycles. The molecule has 1 unspecified atom stereocenters. The molecule has 2 aromatic heterocycles. The molecule has 0 N–H and O–H groups in total. The molecule has 2 rings (SSSR count). The van der Waals surface area contributed by atoms with Crippen molar-refractivity contribution in [1.82, 2.24) is 14.5 Å². The molecule has 2 aromatic rings. The summed E-state index contributed by atoms with van der Waals surface area (Å²) in [7, 11) is -1.09. The highest BCUT2D eigenvalue weighted by molar-refractivity contribution is 9.10. The fourth-order valence-electron chi connectivity index (χ4n) is 1.97. The lowest BCUT2D eigenvalue weighted by Crippen LogP contribution is -2.25. The molecule has 6 nitrogen and oxygen atoms in total. The van der Waals surface area contributed by atoms with Gasteiger partial charge in [-0.2, -0.15) is 0 Å². The number of hydrogen-bond donors (Lipinski definition) is 0. The van der Waals surface area contributed by atoms with Gasteiger partial charge < -0.3 is 13.9 Å². The maximum atomic E-state index is 12.1. The minimum absolute atomic E-state index is 0.401. The monoisotopic (exact) mass is 458 g/mol. The van der Waals surface area contributed by atoms with Crippen molar-refractivity contribution in [3.8, 4) is 0 Å². The summed E-state index contributed by atoms with van der Waals surface area (Å²) in [5.41, 5.74) is 2.11. The van der Waals surface area contributed by atoms with E-state index in [0.29, 0.717) is 18.1 Å². The molecule has 1 atom stereocenters. The smallest absolute Gasteiger partial charge is 0.178 e. The van der Waals surface area contributed by atoms with E-state index in [1.807, 2.05) is 31.4 Å². The Bertz CT molecular complexity index is 783. The van der Waals surface area contributed by atoms with Gasteiger partial charge in [0, 0.05) is 19.2 Å². The Morgan fingerprint density at radius 2 is 2.08 bits per heavy atom. The van der Waals surface area contributed by atoms with Crippen molar-refractivity contribution in [2.24, 2.45) is 4.40 Å². The maximum absolute atomic E-state index is 12.1. The zero-order valence-electron chi connectivity index (χ0n) is 16.2. The first-order valence-electron chi connectivity index (χ1n) is 8.52. The molecule has 9 heteroatoms. The molecule has 0 fully saturated rings. The quantitative estimate of drug-likeness (QED) is 0.266. The van der Waals surface area contributed by atoms with Gasteiger partial charge in [-0.25, -0.2) is 9.97 Å². The number of ether oxygens (including phenoxy) is 1. The largest absolute Gasteiger partial charge is 0.591 e. The van der Waals surface area contributed by atoms with E-state index in [0.717, 1.165) is 22.6 Å². The average Bonchev–Trinajstić information content (AvgIpc) is 2.89. The van der Waals surface area contributed by atoms with Crippen molar-refractivity contribution in [3.05, 3.63) is 22.6 Å². The Morgan fingerprint density at radius 3 is 2.69 bits per heavy atom. The summed E-state index contributed by atoms with van der Waals surface area (Å²) in [4.78, 5) is 8.85. The lowest BCUT2D eigenvalue weighted by molar-refractivity contribution is 0.0898. The Hall–Kier alpha value is -0.743. The van der Waals surface area contributed by atoms with Gasteiger partial charge in [0.05, 0.1) is 11.8 Å². The van der Waals surface area contributed by atoms with Gasteiger partial charge in [0.1, 0.15) is 34.7 Å². The summed E-state index contributed by atoms with van der Waals surface area (Å²) >= 11 is 2.19. The van der Waals surface area contributed by atoms with Crippen LogP contribution in [0.15, 0.2) is 21.3 Å². The van der Waals surface area contributed by atoms with Gasteiger partial charge in [0.25, 0.3) is 0 Å². The minimum atomic E-state index is -1.32. The van der Waals surface area contributed by atoms with Crippen LogP contribution in [0.4, 0.5) is 0 Å². The molecule has 0 aromatic carbocycles. The van der Waals surface area contributed by atoms with Gasteiger partial charge in [-0.3, -0.25) is 0 Å². The zero-order chi connectivity index (χ0) is 19.5. The SMILES string of the molecule is CC(C)(C)[S+]([O-])/N=C\c1nc2ncn(COCC[Si](C)(C)C)c2cc1Br. The Morgan fingerprint density at radius 1 is 1.38 bits per heavy atom. The van der Waals surface area contributed by atoms with Gasteiger partial charge in [0.2, 0.25) is 0 Å². The van der Waals surface area contributed by atoms with Gasteiger partial charge in [0.15, 0.2) is 5.65 Å². The third-order valence-electron chi connectivity index (χ3n) is 3.61. The first-order valence-corrected chi connectivity index (χ1v) is 14.1. The molecule has 0 spiro atoms. The van der Waals surface area contributed by atoms with Crippen LogP contribution >= 0.6 is 15.9 Å². The van der Waals surface area contributed by atoms with Crippen LogP contribution < -0.4 is 0 Å². The minimum Gasteiger partial charge on any atom is -0.591 e. The van der Waals surface area contributed by atoms with Crippen molar-refractivity contribution in [2.75, 3.05) is 6.61 Å². The first kappa shape index (κ1) is 21.6. The molecule has 144 valence electrons. The topological polar surface area (TPSA) is 75.4 Å². The second kappa shape index (κ2) is 8.51. The number of rotatable bonds is 7. The molecule has 2 heterocycles. The lowest BCUT2D eigenvalue weighted by Gasteiger charge is -2.17. The highest BCUT2D eigenvalue weighted by Crippen LogP contribution is 2.22. The summed E-state index contributed by atoms with van der Waals surface area (Å²) < 4.78 is 24.3. The third kappa shape index (κ3) is 6.16. The molecule has 0 bridgehead atoms. The second-order valence-corrected chi connectivity index (χ2v) is 16.8. The van der Waals surface area contributed by atoms with Gasteiger partial charge in [-0.05, 0) is 48.8 Å². The van der Waals surface area contributed by atoms with E-state index in [1.54, 1.807) is 6.33 Å². The molecule has 0 aliphatic rings. The lowest BCUT2D eigenvalue weighted by atomic mass is 10.3. The molecular weight excluding hydrogens is 432 g/mol. The Kier molecular flexibility index (Phi) is 7.06. The van der Waals surface area contributed by atoms with Crippen LogP contribution in [0.3, 0.4) is 0 Å². The normalized spacial score (nSPS) is 14.5. The number of halogens is 1. The number of imidazole rings is 1. The van der Waals surface area contributed by atoms with Crippen molar-refractivity contribution < 1.29 is 9.29 Å². The summed E-state index contributed by atoms with van der Waals surface area (Å²) in [5, 5.41) is 0. The number of fused-ring (bicyclic) bond motifs is 1. The third-order valence-corrected chi connectivity index (χ3v) is 7.30. The van der Waals surface area contributed by atoms with Crippen molar-refractivity contribution >= 4 is 52.7 Å². The van der Waals surface area contributed by atoms with Gasteiger partial charge in [-0.1, -0.05) is 24.0 Å². The zero-order valence-corrected chi connectivity index (χ0v) is 19.6. The fraction of sp³-hybridized carbons (Fsp3) is 0.588. The average molecular weight is 459 g/mol. The van der Waals surface area contributed by atoms with Crippen molar-refractivity contribution in [3.63, 3.8) is 0 Å². The number of nitrogens with zero attached hydrogens (tertiary/aromatic N) is 4. The molecule has 0 saturated carbocycles. The van der Waals surface area contributed by atoms with Crippen molar-refractivity contribution in [2.45, 2.75) is 57.9 Å². The van der Waals surface area contributed by atoms with Crippen LogP contribution in [-0.4, -0.2) is 44.7 Å². The van der Waals surface area contributed by atoms with E-state index in [1.165, 1.54) is 6.21 Å². The van der Waals surface area contributed by atoms with Crippen LogP contribution in [0, 0.1) is 0 Å². The summed E-state index contributed by atoms with van der Waals surface area (Å²) in [6, 6.07) is 3.08. The van der Waals surface area contributed by atoms with Gasteiger partial charge in [-0.15, -0.1) is 0 Å². The summed E-state index contributed by atoms with van der Waals surface area (Å²) in [6.07, 6.45) is 3.27. The van der Waals surface area contributed by atoms with Crippen LogP contribution in [0.25, 0.3) is 11.2 Å². The Balaban J connectivity index is 2.11. The van der Waals surface area contributed by atoms with Crippen LogP contribution in [-0.2, 0) is 22.8 Å². The van der Waals surface area contributed by atoms with Crippen LogP contribution in [0.2, 0.25) is 25.7 Å². The molecular formula is C17H27BrN4O2SSi. The fourth-order valence-corrected chi connectivity index (χ4v) is 3.64. The van der Waals surface area contributed by atoms with Crippen LogP contribution in [0.5, 0.6) is 0 Å².